The van der Waals surface area contributed by atoms with E-state index >= 15 is 0 Å². The molecule has 0 aliphatic carbocycles. The van der Waals surface area contributed by atoms with Gasteiger partial charge in [-0.3, -0.25) is 4.79 Å². The number of carbonyl (C=O) groups excluding carboxylic acids is 1. The molecular formula is C17H20N2O4S. The lowest BCUT2D eigenvalue weighted by molar-refractivity contribution is -0.116. The molecule has 2 rings (SSSR count). The van der Waals surface area contributed by atoms with Crippen LogP contribution in [0.2, 0.25) is 0 Å². The van der Waals surface area contributed by atoms with E-state index in [1.54, 1.807) is 12.1 Å². The Bertz CT molecular complexity index is 802. The molecule has 0 radical (unpaired) electrons. The van der Waals surface area contributed by atoms with Crippen LogP contribution in [-0.4, -0.2) is 28.0 Å². The molecule has 2 aromatic rings. The Kier molecular flexibility index (Phi) is 5.94. The minimum absolute atomic E-state index is 0.144. The standard InChI is InChI=1S/C17H20N2O4S/c1-13-4-3-5-15(12-13)23-11-10-17(20)19-14-6-8-16(9-7-14)24(21,22)18-2/h3-9,12,18H,10-11H2,1-2H3,(H,19,20). The number of rotatable bonds is 7. The number of amides is 1. The van der Waals surface area contributed by atoms with E-state index in [2.05, 4.69) is 10.0 Å². The summed E-state index contributed by atoms with van der Waals surface area (Å²) >= 11 is 0. The molecular weight excluding hydrogens is 328 g/mol. The molecule has 0 aliphatic rings. The Morgan fingerprint density at radius 3 is 2.46 bits per heavy atom. The highest BCUT2D eigenvalue weighted by Gasteiger charge is 2.11. The Hall–Kier alpha value is -2.38. The zero-order valence-electron chi connectivity index (χ0n) is 13.6. The van der Waals surface area contributed by atoms with Gasteiger partial charge in [-0.15, -0.1) is 0 Å². The summed E-state index contributed by atoms with van der Waals surface area (Å²) in [5.41, 5.74) is 1.62. The lowest BCUT2D eigenvalue weighted by Gasteiger charge is -2.08. The third-order valence-electron chi connectivity index (χ3n) is 3.30. The molecule has 2 N–H and O–H groups in total. The Labute approximate surface area is 141 Å². The minimum atomic E-state index is -3.47. The molecule has 0 heterocycles. The van der Waals surface area contributed by atoms with Crippen molar-refractivity contribution in [3.05, 3.63) is 54.1 Å². The number of hydrogen-bond donors (Lipinski definition) is 2. The summed E-state index contributed by atoms with van der Waals surface area (Å²) in [4.78, 5) is 12.0. The highest BCUT2D eigenvalue weighted by atomic mass is 32.2. The van der Waals surface area contributed by atoms with Gasteiger partial charge in [0.2, 0.25) is 15.9 Å². The van der Waals surface area contributed by atoms with Crippen molar-refractivity contribution in [2.75, 3.05) is 19.0 Å². The van der Waals surface area contributed by atoms with Gasteiger partial charge in [-0.2, -0.15) is 0 Å². The fraction of sp³-hybridized carbons (Fsp3) is 0.235. The van der Waals surface area contributed by atoms with Gasteiger partial charge in [0.05, 0.1) is 17.9 Å². The first-order valence-corrected chi connectivity index (χ1v) is 8.92. The largest absolute Gasteiger partial charge is 0.493 e. The van der Waals surface area contributed by atoms with E-state index in [0.717, 1.165) is 11.3 Å². The van der Waals surface area contributed by atoms with Crippen LogP contribution in [-0.2, 0) is 14.8 Å². The highest BCUT2D eigenvalue weighted by molar-refractivity contribution is 7.89. The number of aryl methyl sites for hydroxylation is 1. The fourth-order valence-corrected chi connectivity index (χ4v) is 2.76. The summed E-state index contributed by atoms with van der Waals surface area (Å²) in [6.07, 6.45) is 0.199. The van der Waals surface area contributed by atoms with Crippen LogP contribution in [0, 0.1) is 6.92 Å². The Morgan fingerprint density at radius 1 is 1.12 bits per heavy atom. The molecule has 0 atom stereocenters. The van der Waals surface area contributed by atoms with Gasteiger partial charge < -0.3 is 10.1 Å². The van der Waals surface area contributed by atoms with E-state index in [-0.39, 0.29) is 23.8 Å². The molecule has 0 spiro atoms. The second kappa shape index (κ2) is 7.94. The third-order valence-corrected chi connectivity index (χ3v) is 4.73. The summed E-state index contributed by atoms with van der Waals surface area (Å²) in [6.45, 7) is 2.24. The van der Waals surface area contributed by atoms with E-state index in [0.29, 0.717) is 5.69 Å². The van der Waals surface area contributed by atoms with Crippen LogP contribution in [0.15, 0.2) is 53.4 Å². The van der Waals surface area contributed by atoms with E-state index < -0.39 is 10.0 Å². The molecule has 0 saturated carbocycles. The number of carbonyl (C=O) groups is 1. The van der Waals surface area contributed by atoms with Crippen molar-refractivity contribution >= 4 is 21.6 Å². The second-order valence-corrected chi connectivity index (χ2v) is 7.08. The average molecular weight is 348 g/mol. The van der Waals surface area contributed by atoms with Crippen molar-refractivity contribution in [3.63, 3.8) is 0 Å². The SMILES string of the molecule is CNS(=O)(=O)c1ccc(NC(=O)CCOc2cccc(C)c2)cc1. The molecule has 0 aliphatic heterocycles. The molecule has 0 unspecified atom stereocenters. The number of nitrogens with one attached hydrogen (secondary N) is 2. The van der Waals surface area contributed by atoms with Gasteiger partial charge in [0.25, 0.3) is 0 Å². The van der Waals surface area contributed by atoms with Crippen LogP contribution in [0.5, 0.6) is 5.75 Å². The highest BCUT2D eigenvalue weighted by Crippen LogP contribution is 2.15. The topological polar surface area (TPSA) is 84.5 Å². The van der Waals surface area contributed by atoms with Crippen LogP contribution in [0.3, 0.4) is 0 Å². The van der Waals surface area contributed by atoms with Crippen LogP contribution in [0.4, 0.5) is 5.69 Å². The van der Waals surface area contributed by atoms with Gasteiger partial charge in [-0.25, -0.2) is 13.1 Å². The van der Waals surface area contributed by atoms with Crippen LogP contribution in [0.25, 0.3) is 0 Å². The predicted octanol–water partition coefficient (Wildman–Crippen LogP) is 2.31. The molecule has 0 aromatic heterocycles. The second-order valence-electron chi connectivity index (χ2n) is 5.20. The van der Waals surface area contributed by atoms with Crippen molar-refractivity contribution in [1.82, 2.24) is 4.72 Å². The first-order valence-electron chi connectivity index (χ1n) is 7.43. The van der Waals surface area contributed by atoms with Crippen LogP contribution >= 0.6 is 0 Å². The van der Waals surface area contributed by atoms with E-state index in [1.165, 1.54) is 19.2 Å². The number of ether oxygens (including phenoxy) is 1. The van der Waals surface area contributed by atoms with E-state index in [9.17, 15) is 13.2 Å². The van der Waals surface area contributed by atoms with Gasteiger partial charge >= 0.3 is 0 Å². The summed E-state index contributed by atoms with van der Waals surface area (Å²) in [5.74, 6) is 0.524. The smallest absolute Gasteiger partial charge is 0.240 e. The van der Waals surface area contributed by atoms with Crippen molar-refractivity contribution < 1.29 is 17.9 Å². The van der Waals surface area contributed by atoms with Gasteiger partial charge in [0.1, 0.15) is 5.75 Å². The van der Waals surface area contributed by atoms with Gasteiger partial charge in [0.15, 0.2) is 0 Å². The summed E-state index contributed by atoms with van der Waals surface area (Å²) in [7, 11) is -2.13. The quantitative estimate of drug-likeness (QED) is 0.804. The Morgan fingerprint density at radius 2 is 1.83 bits per heavy atom. The van der Waals surface area contributed by atoms with Crippen LogP contribution < -0.4 is 14.8 Å². The van der Waals surface area contributed by atoms with Crippen LogP contribution in [0.1, 0.15) is 12.0 Å². The molecule has 6 nitrogen and oxygen atoms in total. The maximum Gasteiger partial charge on any atom is 0.240 e. The lowest BCUT2D eigenvalue weighted by atomic mass is 10.2. The number of benzene rings is 2. The summed E-state index contributed by atoms with van der Waals surface area (Å²) in [6, 6.07) is 13.6. The zero-order valence-corrected chi connectivity index (χ0v) is 14.4. The number of hydrogen-bond acceptors (Lipinski definition) is 4. The maximum absolute atomic E-state index is 11.9. The first kappa shape index (κ1) is 18.0. The maximum atomic E-state index is 11.9. The van der Waals surface area contributed by atoms with Crippen molar-refractivity contribution in [2.24, 2.45) is 0 Å². The normalized spacial score (nSPS) is 11.1. The average Bonchev–Trinajstić information content (AvgIpc) is 2.55. The van der Waals surface area contributed by atoms with Gasteiger partial charge in [-0.1, -0.05) is 12.1 Å². The lowest BCUT2D eigenvalue weighted by Crippen LogP contribution is -2.19. The minimum Gasteiger partial charge on any atom is -0.493 e. The van der Waals surface area contributed by atoms with Crippen molar-refractivity contribution in [3.8, 4) is 5.75 Å². The molecule has 7 heteroatoms. The zero-order chi connectivity index (χ0) is 17.6. The molecule has 128 valence electrons. The van der Waals surface area contributed by atoms with Crippen molar-refractivity contribution in [1.29, 1.82) is 0 Å². The van der Waals surface area contributed by atoms with Gasteiger partial charge in [-0.05, 0) is 55.9 Å². The first-order chi connectivity index (χ1) is 11.4. The molecule has 2 aromatic carbocycles. The third kappa shape index (κ3) is 5.07. The van der Waals surface area contributed by atoms with E-state index in [4.69, 9.17) is 4.74 Å². The number of anilines is 1. The Balaban J connectivity index is 1.84. The molecule has 1 amide bonds. The van der Waals surface area contributed by atoms with E-state index in [1.807, 2.05) is 31.2 Å². The molecule has 0 fully saturated rings. The number of sulfonamides is 1. The fourth-order valence-electron chi connectivity index (χ4n) is 2.03. The van der Waals surface area contributed by atoms with Gasteiger partial charge in [0, 0.05) is 5.69 Å². The monoisotopic (exact) mass is 348 g/mol. The summed E-state index contributed by atoms with van der Waals surface area (Å²) in [5, 5.41) is 2.70. The molecule has 0 saturated heterocycles. The van der Waals surface area contributed by atoms with Crippen molar-refractivity contribution in [2.45, 2.75) is 18.2 Å². The summed E-state index contributed by atoms with van der Waals surface area (Å²) < 4.78 is 31.0. The molecule has 24 heavy (non-hydrogen) atoms. The predicted molar refractivity (Wildman–Crippen MR) is 92.6 cm³/mol. The molecule has 0 bridgehead atoms.